The number of carbonyl (C=O) groups is 1. The number of benzene rings is 2. The van der Waals surface area contributed by atoms with Crippen LogP contribution in [0.5, 0.6) is 0 Å². The molecule has 128 valence electrons. The van der Waals surface area contributed by atoms with Gasteiger partial charge in [-0.1, -0.05) is 36.4 Å². The Labute approximate surface area is 148 Å². The van der Waals surface area contributed by atoms with Gasteiger partial charge in [0.2, 0.25) is 0 Å². The van der Waals surface area contributed by atoms with E-state index in [-0.39, 0.29) is 5.91 Å². The lowest BCUT2D eigenvalue weighted by Crippen LogP contribution is -2.28. The van der Waals surface area contributed by atoms with Crippen molar-refractivity contribution in [2.75, 3.05) is 25.0 Å². The predicted molar refractivity (Wildman–Crippen MR) is 103 cm³/mol. The molecule has 3 rings (SSSR count). The van der Waals surface area contributed by atoms with Gasteiger partial charge in [-0.2, -0.15) is 0 Å². The number of pyridine rings is 1. The van der Waals surface area contributed by atoms with E-state index in [0.717, 1.165) is 29.6 Å². The summed E-state index contributed by atoms with van der Waals surface area (Å²) in [5.74, 6) is -0.0379. The van der Waals surface area contributed by atoms with Gasteiger partial charge >= 0.3 is 0 Å². The molecule has 1 N–H and O–H groups in total. The molecule has 0 saturated heterocycles. The van der Waals surface area contributed by atoms with Crippen LogP contribution in [0.15, 0.2) is 60.7 Å². The Balaban J connectivity index is 1.58. The van der Waals surface area contributed by atoms with Crippen LogP contribution in [0.1, 0.15) is 22.5 Å². The Hall–Kier alpha value is -2.88. The van der Waals surface area contributed by atoms with E-state index in [1.54, 1.807) is 0 Å². The number of para-hydroxylation sites is 2. The molecule has 25 heavy (non-hydrogen) atoms. The Morgan fingerprint density at radius 1 is 1.08 bits per heavy atom. The molecule has 4 heteroatoms. The third kappa shape index (κ3) is 4.15. The molecule has 0 aliphatic heterocycles. The highest BCUT2D eigenvalue weighted by Crippen LogP contribution is 2.18. The van der Waals surface area contributed by atoms with Crippen molar-refractivity contribution >= 4 is 22.5 Å². The zero-order valence-electron chi connectivity index (χ0n) is 14.7. The first-order chi connectivity index (χ1) is 12.1. The summed E-state index contributed by atoms with van der Waals surface area (Å²) in [5.41, 5.74) is 3.59. The summed E-state index contributed by atoms with van der Waals surface area (Å²) in [6, 6.07) is 19.9. The summed E-state index contributed by atoms with van der Waals surface area (Å²) < 4.78 is 0. The summed E-state index contributed by atoms with van der Waals surface area (Å²) in [7, 11) is 2.07. The number of anilines is 1. The molecule has 0 aliphatic carbocycles. The summed E-state index contributed by atoms with van der Waals surface area (Å²) in [5, 5.41) is 3.93. The minimum absolute atomic E-state index is 0.0379. The Bertz CT molecular complexity index is 861. The van der Waals surface area contributed by atoms with Crippen LogP contribution < -0.4 is 10.2 Å². The quantitative estimate of drug-likeness (QED) is 0.698. The molecule has 0 radical (unpaired) electrons. The van der Waals surface area contributed by atoms with E-state index in [1.165, 1.54) is 5.69 Å². The third-order valence-electron chi connectivity index (χ3n) is 4.24. The maximum absolute atomic E-state index is 12.6. The lowest BCUT2D eigenvalue weighted by molar-refractivity contribution is 0.0955. The highest BCUT2D eigenvalue weighted by Gasteiger charge is 2.11. The van der Waals surface area contributed by atoms with Gasteiger partial charge in [0.1, 0.15) is 0 Å². The molecule has 1 heterocycles. The molecule has 0 bridgehead atoms. The van der Waals surface area contributed by atoms with Gasteiger partial charge in [0.15, 0.2) is 0 Å². The van der Waals surface area contributed by atoms with Gasteiger partial charge in [0.25, 0.3) is 5.91 Å². The van der Waals surface area contributed by atoms with Gasteiger partial charge in [-0.05, 0) is 37.6 Å². The smallest absolute Gasteiger partial charge is 0.252 e. The Morgan fingerprint density at radius 2 is 1.80 bits per heavy atom. The van der Waals surface area contributed by atoms with Crippen molar-refractivity contribution in [1.29, 1.82) is 0 Å². The second-order valence-electron chi connectivity index (χ2n) is 6.19. The second kappa shape index (κ2) is 7.79. The maximum Gasteiger partial charge on any atom is 0.252 e. The number of rotatable bonds is 6. The van der Waals surface area contributed by atoms with E-state index >= 15 is 0 Å². The summed E-state index contributed by atoms with van der Waals surface area (Å²) in [6.45, 7) is 3.45. The molecular weight excluding hydrogens is 310 g/mol. The number of hydrogen-bond donors (Lipinski definition) is 1. The van der Waals surface area contributed by atoms with E-state index in [9.17, 15) is 4.79 Å². The van der Waals surface area contributed by atoms with Crippen LogP contribution in [0.4, 0.5) is 5.69 Å². The maximum atomic E-state index is 12.6. The number of aromatic nitrogens is 1. The summed E-state index contributed by atoms with van der Waals surface area (Å²) in [4.78, 5) is 19.3. The average Bonchev–Trinajstić information content (AvgIpc) is 2.64. The van der Waals surface area contributed by atoms with Gasteiger partial charge in [-0.25, -0.2) is 0 Å². The van der Waals surface area contributed by atoms with E-state index in [2.05, 4.69) is 34.4 Å². The molecule has 0 saturated carbocycles. The van der Waals surface area contributed by atoms with Crippen LogP contribution in [0.2, 0.25) is 0 Å². The van der Waals surface area contributed by atoms with Crippen LogP contribution in [0.3, 0.4) is 0 Å². The second-order valence-corrected chi connectivity index (χ2v) is 6.19. The Kier molecular flexibility index (Phi) is 5.29. The lowest BCUT2D eigenvalue weighted by Gasteiger charge is -2.19. The number of nitrogens with zero attached hydrogens (tertiary/aromatic N) is 2. The van der Waals surface area contributed by atoms with Crippen molar-refractivity contribution in [3.05, 3.63) is 71.9 Å². The van der Waals surface area contributed by atoms with Crippen molar-refractivity contribution in [3.63, 3.8) is 0 Å². The molecule has 1 amide bonds. The molecule has 0 atom stereocenters. The minimum Gasteiger partial charge on any atom is -0.375 e. The molecule has 0 aliphatic rings. The minimum atomic E-state index is -0.0379. The highest BCUT2D eigenvalue weighted by atomic mass is 16.1. The standard InChI is InChI=1S/C21H23N3O/c1-16-15-19(18-11-6-7-12-20(18)23-16)21(25)22-13-8-14-24(2)17-9-4-3-5-10-17/h3-7,9-12,15H,8,13-14H2,1-2H3,(H,22,25). The number of carbonyl (C=O) groups excluding carboxylic acids is 1. The summed E-state index contributed by atoms with van der Waals surface area (Å²) >= 11 is 0. The molecule has 3 aromatic rings. The zero-order valence-corrected chi connectivity index (χ0v) is 14.7. The number of hydrogen-bond acceptors (Lipinski definition) is 3. The van der Waals surface area contributed by atoms with Crippen molar-refractivity contribution in [3.8, 4) is 0 Å². The van der Waals surface area contributed by atoms with E-state index in [1.807, 2.05) is 55.5 Å². The number of fused-ring (bicyclic) bond motifs is 1. The third-order valence-corrected chi connectivity index (χ3v) is 4.24. The molecule has 1 aromatic heterocycles. The zero-order chi connectivity index (χ0) is 17.6. The van der Waals surface area contributed by atoms with Crippen LogP contribution in [0, 0.1) is 6.92 Å². The fourth-order valence-electron chi connectivity index (χ4n) is 2.92. The lowest BCUT2D eigenvalue weighted by atomic mass is 10.1. The van der Waals surface area contributed by atoms with E-state index in [0.29, 0.717) is 12.1 Å². The summed E-state index contributed by atoms with van der Waals surface area (Å²) in [6.07, 6.45) is 0.888. The molecule has 0 unspecified atom stereocenters. The normalized spacial score (nSPS) is 10.6. The van der Waals surface area contributed by atoms with Gasteiger partial charge in [-0.3, -0.25) is 9.78 Å². The molecular formula is C21H23N3O. The predicted octanol–water partition coefficient (Wildman–Crippen LogP) is 3.80. The van der Waals surface area contributed by atoms with Crippen LogP contribution in [-0.2, 0) is 0 Å². The fraction of sp³-hybridized carbons (Fsp3) is 0.238. The largest absolute Gasteiger partial charge is 0.375 e. The van der Waals surface area contributed by atoms with Crippen molar-refractivity contribution in [1.82, 2.24) is 10.3 Å². The number of aryl methyl sites for hydroxylation is 1. The molecule has 0 fully saturated rings. The average molecular weight is 333 g/mol. The van der Waals surface area contributed by atoms with Gasteiger partial charge in [0.05, 0.1) is 11.1 Å². The van der Waals surface area contributed by atoms with Crippen LogP contribution in [0.25, 0.3) is 10.9 Å². The first kappa shape index (κ1) is 17.0. The van der Waals surface area contributed by atoms with Crippen molar-refractivity contribution in [2.24, 2.45) is 0 Å². The number of amides is 1. The van der Waals surface area contributed by atoms with Crippen molar-refractivity contribution < 1.29 is 4.79 Å². The molecule has 4 nitrogen and oxygen atoms in total. The van der Waals surface area contributed by atoms with Gasteiger partial charge < -0.3 is 10.2 Å². The SMILES string of the molecule is Cc1cc(C(=O)NCCCN(C)c2ccccc2)c2ccccc2n1. The topological polar surface area (TPSA) is 45.2 Å². The molecule has 2 aromatic carbocycles. The highest BCUT2D eigenvalue weighted by molar-refractivity contribution is 6.06. The number of nitrogens with one attached hydrogen (secondary N) is 1. The van der Waals surface area contributed by atoms with Crippen molar-refractivity contribution in [2.45, 2.75) is 13.3 Å². The van der Waals surface area contributed by atoms with E-state index < -0.39 is 0 Å². The Morgan fingerprint density at radius 3 is 2.60 bits per heavy atom. The van der Waals surface area contributed by atoms with Gasteiger partial charge in [0, 0.05) is 36.9 Å². The first-order valence-corrected chi connectivity index (χ1v) is 8.56. The van der Waals surface area contributed by atoms with Crippen LogP contribution in [-0.4, -0.2) is 31.0 Å². The fourth-order valence-corrected chi connectivity index (χ4v) is 2.92. The van der Waals surface area contributed by atoms with E-state index in [4.69, 9.17) is 0 Å². The van der Waals surface area contributed by atoms with Gasteiger partial charge in [-0.15, -0.1) is 0 Å². The molecule has 0 spiro atoms. The van der Waals surface area contributed by atoms with Crippen LogP contribution >= 0.6 is 0 Å². The monoisotopic (exact) mass is 333 g/mol. The first-order valence-electron chi connectivity index (χ1n) is 8.56.